The van der Waals surface area contributed by atoms with Crippen molar-refractivity contribution >= 4 is 22.5 Å². The maximum absolute atomic E-state index is 12.9. The fourth-order valence-electron chi connectivity index (χ4n) is 5.43. The first kappa shape index (κ1) is 20.2. The summed E-state index contributed by atoms with van der Waals surface area (Å²) in [5.41, 5.74) is 1.30. The maximum atomic E-state index is 12.9. The first-order valence-corrected chi connectivity index (χ1v) is 11.4. The average molecular weight is 423 g/mol. The Morgan fingerprint density at radius 3 is 2.97 bits per heavy atom. The molecule has 1 amide bonds. The van der Waals surface area contributed by atoms with Crippen molar-refractivity contribution in [3.8, 4) is 0 Å². The molecule has 2 saturated heterocycles. The van der Waals surface area contributed by atoms with Crippen LogP contribution in [-0.2, 0) is 11.3 Å². The van der Waals surface area contributed by atoms with E-state index in [9.17, 15) is 9.59 Å². The molecule has 0 spiro atoms. The number of rotatable bonds is 5. The molecule has 0 aromatic carbocycles. The minimum absolute atomic E-state index is 0.0978. The predicted molar refractivity (Wildman–Crippen MR) is 119 cm³/mol. The van der Waals surface area contributed by atoms with Crippen LogP contribution in [0.5, 0.6) is 0 Å². The molecule has 2 atom stereocenters. The van der Waals surface area contributed by atoms with Crippen molar-refractivity contribution in [3.63, 3.8) is 0 Å². The van der Waals surface area contributed by atoms with Gasteiger partial charge in [0.25, 0.3) is 5.56 Å². The number of pyridine rings is 1. The van der Waals surface area contributed by atoms with Gasteiger partial charge in [-0.05, 0) is 50.8 Å². The van der Waals surface area contributed by atoms with Gasteiger partial charge in [-0.25, -0.2) is 9.50 Å². The predicted octanol–water partition coefficient (Wildman–Crippen LogP) is 2.16. The molecule has 8 nitrogen and oxygen atoms in total. The van der Waals surface area contributed by atoms with Gasteiger partial charge in [0.1, 0.15) is 0 Å². The summed E-state index contributed by atoms with van der Waals surface area (Å²) in [5.74, 6) is 0.662. The fourth-order valence-corrected chi connectivity index (χ4v) is 5.43. The first-order valence-electron chi connectivity index (χ1n) is 11.4. The van der Waals surface area contributed by atoms with Crippen LogP contribution in [0.15, 0.2) is 35.5 Å². The van der Waals surface area contributed by atoms with Crippen molar-refractivity contribution in [2.75, 3.05) is 26.7 Å². The number of aryl methyl sites for hydroxylation is 1. The topological polar surface area (TPSA) is 75.7 Å². The zero-order valence-corrected chi connectivity index (χ0v) is 18.1. The number of amides is 1. The van der Waals surface area contributed by atoms with Crippen LogP contribution in [0.1, 0.15) is 38.5 Å². The van der Waals surface area contributed by atoms with Crippen LogP contribution in [0.25, 0.3) is 16.6 Å². The Kier molecular flexibility index (Phi) is 5.48. The molecule has 0 aliphatic carbocycles. The molecule has 164 valence electrons. The maximum Gasteiger partial charge on any atom is 0.261 e. The van der Waals surface area contributed by atoms with Gasteiger partial charge >= 0.3 is 0 Å². The van der Waals surface area contributed by atoms with Crippen LogP contribution in [-0.4, -0.2) is 67.6 Å². The molecule has 0 N–H and O–H groups in total. The second-order valence-electron chi connectivity index (χ2n) is 9.00. The highest BCUT2D eigenvalue weighted by molar-refractivity contribution is 5.79. The van der Waals surface area contributed by atoms with Crippen molar-refractivity contribution < 1.29 is 4.79 Å². The van der Waals surface area contributed by atoms with Crippen molar-refractivity contribution in [3.05, 3.63) is 41.1 Å². The van der Waals surface area contributed by atoms with E-state index in [1.54, 1.807) is 33.7 Å². The lowest BCUT2D eigenvalue weighted by molar-refractivity contribution is -0.131. The number of hydrogen-bond acceptors (Lipinski definition) is 5. The number of fused-ring (bicyclic) bond motifs is 4. The summed E-state index contributed by atoms with van der Waals surface area (Å²) in [5, 5.41) is 4.75. The molecule has 0 radical (unpaired) electrons. The molecule has 0 bridgehead atoms. The summed E-state index contributed by atoms with van der Waals surface area (Å²) < 4.78 is 3.27. The standard InChI is InChI=1S/C23H30N6O2/c1-26(16-17-5-4-12-27-11-3-2-6-19(17)27)22(30)9-14-28-13-8-20-18(23(28)31)15-24-21-7-10-25-29(20)21/h7-8,10,13,15,17,19H,2-6,9,11-12,14,16H2,1H3/t17-,19+/m1/s1. The Morgan fingerprint density at radius 1 is 1.19 bits per heavy atom. The number of carbonyl (C=O) groups is 1. The van der Waals surface area contributed by atoms with E-state index in [2.05, 4.69) is 15.0 Å². The Hall–Kier alpha value is -2.74. The summed E-state index contributed by atoms with van der Waals surface area (Å²) in [6.45, 7) is 3.61. The second kappa shape index (κ2) is 8.42. The van der Waals surface area contributed by atoms with Crippen molar-refractivity contribution in [2.45, 2.75) is 51.1 Å². The van der Waals surface area contributed by atoms with Crippen LogP contribution in [0.3, 0.4) is 0 Å². The fraction of sp³-hybridized carbons (Fsp3) is 0.565. The SMILES string of the molecule is CN(C[C@H]1CCCN2CCCC[C@@H]12)C(=O)CCn1ccc2c(cnc3ccnn32)c1=O. The molecular formula is C23H30N6O2. The van der Waals surface area contributed by atoms with Crippen LogP contribution in [0.4, 0.5) is 0 Å². The third-order valence-electron chi connectivity index (χ3n) is 7.09. The Labute approximate surface area is 181 Å². The molecule has 0 unspecified atom stereocenters. The quantitative estimate of drug-likeness (QED) is 0.630. The minimum Gasteiger partial charge on any atom is -0.345 e. The number of aromatic nitrogens is 4. The highest BCUT2D eigenvalue weighted by atomic mass is 16.2. The van der Waals surface area contributed by atoms with E-state index in [-0.39, 0.29) is 11.5 Å². The van der Waals surface area contributed by atoms with Gasteiger partial charge < -0.3 is 14.4 Å². The Bertz CT molecular complexity index is 1150. The van der Waals surface area contributed by atoms with Crippen molar-refractivity contribution in [2.24, 2.45) is 5.92 Å². The van der Waals surface area contributed by atoms with Crippen LogP contribution < -0.4 is 5.56 Å². The van der Waals surface area contributed by atoms with Gasteiger partial charge in [-0.3, -0.25) is 9.59 Å². The lowest BCUT2D eigenvalue weighted by Crippen LogP contribution is -2.51. The molecular weight excluding hydrogens is 392 g/mol. The highest BCUT2D eigenvalue weighted by Gasteiger charge is 2.33. The third-order valence-corrected chi connectivity index (χ3v) is 7.09. The summed E-state index contributed by atoms with van der Waals surface area (Å²) >= 11 is 0. The van der Waals surface area contributed by atoms with E-state index in [1.165, 1.54) is 45.2 Å². The molecule has 31 heavy (non-hydrogen) atoms. The molecule has 2 aliphatic heterocycles. The van der Waals surface area contributed by atoms with Crippen LogP contribution in [0, 0.1) is 5.92 Å². The molecule has 0 saturated carbocycles. The first-order chi connectivity index (χ1) is 15.1. The number of nitrogens with zero attached hydrogens (tertiary/aromatic N) is 6. The van der Waals surface area contributed by atoms with E-state index in [0.29, 0.717) is 36.0 Å². The van der Waals surface area contributed by atoms with Gasteiger partial charge in [0.15, 0.2) is 5.65 Å². The summed E-state index contributed by atoms with van der Waals surface area (Å²) in [4.78, 5) is 34.6. The van der Waals surface area contributed by atoms with E-state index >= 15 is 0 Å². The monoisotopic (exact) mass is 422 g/mol. The minimum atomic E-state index is -0.136. The number of carbonyl (C=O) groups excluding carboxylic acids is 1. The van der Waals surface area contributed by atoms with E-state index in [4.69, 9.17) is 0 Å². The largest absolute Gasteiger partial charge is 0.345 e. The van der Waals surface area contributed by atoms with Crippen LogP contribution in [0.2, 0.25) is 0 Å². The van der Waals surface area contributed by atoms with E-state index in [1.807, 2.05) is 18.0 Å². The summed E-state index contributed by atoms with van der Waals surface area (Å²) in [7, 11) is 1.91. The average Bonchev–Trinajstić information content (AvgIpc) is 3.28. The van der Waals surface area contributed by atoms with Gasteiger partial charge in [0, 0.05) is 51.1 Å². The molecule has 8 heteroatoms. The van der Waals surface area contributed by atoms with Gasteiger partial charge in [0.05, 0.1) is 17.1 Å². The zero-order chi connectivity index (χ0) is 21.4. The van der Waals surface area contributed by atoms with E-state index < -0.39 is 0 Å². The third kappa shape index (κ3) is 3.84. The van der Waals surface area contributed by atoms with Crippen LogP contribution >= 0.6 is 0 Å². The lowest BCUT2D eigenvalue weighted by atomic mass is 9.83. The molecule has 3 aromatic rings. The van der Waals surface area contributed by atoms with Gasteiger partial charge in [0.2, 0.25) is 5.91 Å². The van der Waals surface area contributed by atoms with Crippen molar-refractivity contribution in [1.29, 1.82) is 0 Å². The Balaban J connectivity index is 1.24. The van der Waals surface area contributed by atoms with Crippen molar-refractivity contribution in [1.82, 2.24) is 29.0 Å². The number of piperidine rings is 2. The Morgan fingerprint density at radius 2 is 2.06 bits per heavy atom. The normalized spacial score (nSPS) is 22.0. The molecule has 5 rings (SSSR count). The second-order valence-corrected chi connectivity index (χ2v) is 9.00. The highest BCUT2D eigenvalue weighted by Crippen LogP contribution is 2.31. The summed E-state index contributed by atoms with van der Waals surface area (Å²) in [6, 6.07) is 4.30. The number of hydrogen-bond donors (Lipinski definition) is 0. The smallest absolute Gasteiger partial charge is 0.261 e. The summed E-state index contributed by atoms with van der Waals surface area (Å²) in [6.07, 6.45) is 11.6. The molecule has 2 aliphatic rings. The zero-order valence-electron chi connectivity index (χ0n) is 18.1. The molecule has 2 fully saturated rings. The van der Waals surface area contributed by atoms with Gasteiger partial charge in [-0.2, -0.15) is 5.10 Å². The molecule has 5 heterocycles. The lowest BCUT2D eigenvalue weighted by Gasteiger charge is -2.45. The van der Waals surface area contributed by atoms with E-state index in [0.717, 1.165) is 12.1 Å². The van der Waals surface area contributed by atoms with Gasteiger partial charge in [-0.15, -0.1) is 0 Å². The molecule has 3 aromatic heterocycles. The van der Waals surface area contributed by atoms with Gasteiger partial charge in [-0.1, -0.05) is 6.42 Å².